The van der Waals surface area contributed by atoms with Crippen LogP contribution in [-0.2, 0) is 29.0 Å². The molecule has 0 aromatic heterocycles. The minimum Gasteiger partial charge on any atom is -0.352 e. The molecule has 172 valence electrons. The average molecular weight is 463 g/mol. The highest BCUT2D eigenvalue weighted by Gasteiger charge is 2.31. The molecule has 3 aromatic rings. The van der Waals surface area contributed by atoms with Gasteiger partial charge in [-0.15, -0.1) is 0 Å². The number of hydrogen-bond acceptors (Lipinski definition) is 2. The Labute approximate surface area is 201 Å². The van der Waals surface area contributed by atoms with Gasteiger partial charge in [-0.05, 0) is 36.1 Å². The predicted molar refractivity (Wildman–Crippen MR) is 134 cm³/mol. The summed E-state index contributed by atoms with van der Waals surface area (Å²) in [5.41, 5.74) is 2.73. The Balaban J connectivity index is 1.96. The van der Waals surface area contributed by atoms with Gasteiger partial charge in [0.05, 0.1) is 6.42 Å². The van der Waals surface area contributed by atoms with Crippen LogP contribution in [0.25, 0.3) is 0 Å². The molecule has 0 aliphatic rings. The Hall–Kier alpha value is -3.11. The highest BCUT2D eigenvalue weighted by atomic mass is 35.5. The smallest absolute Gasteiger partial charge is 0.243 e. The Kier molecular flexibility index (Phi) is 9.08. The number of halogens is 1. The van der Waals surface area contributed by atoms with Gasteiger partial charge in [0.25, 0.3) is 0 Å². The number of nitrogens with zero attached hydrogens (tertiary/aromatic N) is 1. The van der Waals surface area contributed by atoms with Gasteiger partial charge in [0.15, 0.2) is 0 Å². The van der Waals surface area contributed by atoms with E-state index in [0.29, 0.717) is 18.0 Å². The van der Waals surface area contributed by atoms with Crippen molar-refractivity contribution in [1.82, 2.24) is 10.2 Å². The van der Waals surface area contributed by atoms with Gasteiger partial charge in [-0.25, -0.2) is 0 Å². The molecule has 0 fully saturated rings. The van der Waals surface area contributed by atoms with Crippen molar-refractivity contribution in [3.8, 4) is 0 Å². The van der Waals surface area contributed by atoms with Gasteiger partial charge in [-0.1, -0.05) is 97.4 Å². The first-order valence-electron chi connectivity index (χ1n) is 11.4. The van der Waals surface area contributed by atoms with E-state index in [1.54, 1.807) is 11.0 Å². The fourth-order valence-corrected chi connectivity index (χ4v) is 3.88. The molecule has 5 heteroatoms. The third kappa shape index (κ3) is 7.19. The molecular formula is C28H31ClN2O2. The van der Waals surface area contributed by atoms with Crippen molar-refractivity contribution in [3.63, 3.8) is 0 Å². The third-order valence-corrected chi connectivity index (χ3v) is 6.14. The van der Waals surface area contributed by atoms with E-state index in [9.17, 15) is 9.59 Å². The molecule has 4 nitrogen and oxygen atoms in total. The number of carbonyl (C=O) groups is 2. The molecule has 0 saturated heterocycles. The lowest BCUT2D eigenvalue weighted by molar-refractivity contribution is -0.141. The van der Waals surface area contributed by atoms with Gasteiger partial charge in [0.2, 0.25) is 11.8 Å². The maximum atomic E-state index is 13.6. The van der Waals surface area contributed by atoms with E-state index < -0.39 is 6.04 Å². The number of rotatable bonds is 10. The molecule has 2 amide bonds. The summed E-state index contributed by atoms with van der Waals surface area (Å²) in [6.45, 7) is 4.35. The Bertz CT molecular complexity index is 1040. The molecule has 33 heavy (non-hydrogen) atoms. The number of carbonyl (C=O) groups excluding carboxylic acids is 2. The third-order valence-electron chi connectivity index (χ3n) is 5.77. The van der Waals surface area contributed by atoms with Crippen molar-refractivity contribution in [2.75, 3.05) is 0 Å². The van der Waals surface area contributed by atoms with E-state index in [1.807, 2.05) is 92.7 Å². The first-order valence-corrected chi connectivity index (χ1v) is 11.8. The van der Waals surface area contributed by atoms with Crippen LogP contribution in [0.3, 0.4) is 0 Å². The standard InChI is InChI=1S/C28H31ClN2O2/c1-3-21(2)30-28(33)26(18-22-12-6-4-7-13-22)31(20-23-14-8-5-9-15-23)27(32)19-24-16-10-11-17-25(24)29/h4-17,21,26H,3,18-20H2,1-2H3,(H,30,33)/t21-,26-/m1/s1. The average Bonchev–Trinajstić information content (AvgIpc) is 2.83. The predicted octanol–water partition coefficient (Wildman–Crippen LogP) is 5.44. The highest BCUT2D eigenvalue weighted by Crippen LogP contribution is 2.20. The van der Waals surface area contributed by atoms with Crippen molar-refractivity contribution in [2.45, 2.75) is 51.7 Å². The van der Waals surface area contributed by atoms with Crippen LogP contribution in [-0.4, -0.2) is 28.8 Å². The summed E-state index contributed by atoms with van der Waals surface area (Å²) in [6.07, 6.45) is 1.38. The van der Waals surface area contributed by atoms with Gasteiger partial charge in [-0.3, -0.25) is 9.59 Å². The number of benzene rings is 3. The molecule has 0 heterocycles. The summed E-state index contributed by atoms with van der Waals surface area (Å²) >= 11 is 6.34. The van der Waals surface area contributed by atoms with Crippen LogP contribution < -0.4 is 5.32 Å². The Morgan fingerprint density at radius 1 is 0.879 bits per heavy atom. The van der Waals surface area contributed by atoms with Crippen molar-refractivity contribution in [1.29, 1.82) is 0 Å². The lowest BCUT2D eigenvalue weighted by Gasteiger charge is -2.32. The Morgan fingerprint density at radius 3 is 2.06 bits per heavy atom. The van der Waals surface area contributed by atoms with Gasteiger partial charge >= 0.3 is 0 Å². The maximum Gasteiger partial charge on any atom is 0.243 e. The van der Waals surface area contributed by atoms with Gasteiger partial charge < -0.3 is 10.2 Å². The lowest BCUT2D eigenvalue weighted by Crippen LogP contribution is -2.52. The molecule has 3 aromatic carbocycles. The zero-order chi connectivity index (χ0) is 23.6. The van der Waals surface area contributed by atoms with E-state index in [1.165, 1.54) is 0 Å². The molecule has 0 aliphatic carbocycles. The first kappa shape index (κ1) is 24.5. The van der Waals surface area contributed by atoms with Crippen LogP contribution >= 0.6 is 11.6 Å². The minimum atomic E-state index is -0.642. The molecule has 0 spiro atoms. The van der Waals surface area contributed by atoms with Crippen molar-refractivity contribution < 1.29 is 9.59 Å². The second kappa shape index (κ2) is 12.2. The van der Waals surface area contributed by atoms with E-state index in [-0.39, 0.29) is 24.3 Å². The summed E-state index contributed by atoms with van der Waals surface area (Å²) < 4.78 is 0. The zero-order valence-corrected chi connectivity index (χ0v) is 20.0. The SMILES string of the molecule is CC[C@@H](C)NC(=O)[C@@H](Cc1ccccc1)N(Cc1ccccc1)C(=O)Cc1ccccc1Cl. The van der Waals surface area contributed by atoms with Crippen LogP contribution in [0, 0.1) is 0 Å². The summed E-state index contributed by atoms with van der Waals surface area (Å²) in [5.74, 6) is -0.274. The molecule has 2 atom stereocenters. The number of amides is 2. The molecule has 0 bridgehead atoms. The van der Waals surface area contributed by atoms with Gasteiger partial charge in [0.1, 0.15) is 6.04 Å². The minimum absolute atomic E-state index is 0.0213. The molecule has 0 saturated carbocycles. The van der Waals surface area contributed by atoms with Crippen molar-refractivity contribution in [3.05, 3.63) is 107 Å². The first-order chi connectivity index (χ1) is 16.0. The normalized spacial score (nSPS) is 12.6. The molecule has 3 rings (SSSR count). The number of hydrogen-bond donors (Lipinski definition) is 1. The topological polar surface area (TPSA) is 49.4 Å². The van der Waals surface area contributed by atoms with Gasteiger partial charge in [0, 0.05) is 24.0 Å². The van der Waals surface area contributed by atoms with Crippen molar-refractivity contribution >= 4 is 23.4 Å². The van der Waals surface area contributed by atoms with Crippen LogP contribution in [0.1, 0.15) is 37.0 Å². The quantitative estimate of drug-likeness (QED) is 0.436. The molecular weight excluding hydrogens is 432 g/mol. The largest absolute Gasteiger partial charge is 0.352 e. The summed E-state index contributed by atoms with van der Waals surface area (Å²) in [4.78, 5) is 28.8. The molecule has 1 N–H and O–H groups in total. The summed E-state index contributed by atoms with van der Waals surface area (Å²) in [5, 5.41) is 3.64. The fourth-order valence-electron chi connectivity index (χ4n) is 3.68. The molecule has 0 radical (unpaired) electrons. The lowest BCUT2D eigenvalue weighted by atomic mass is 10.0. The second-order valence-electron chi connectivity index (χ2n) is 8.30. The monoisotopic (exact) mass is 462 g/mol. The second-order valence-corrected chi connectivity index (χ2v) is 8.71. The van der Waals surface area contributed by atoms with E-state index >= 15 is 0 Å². The zero-order valence-electron chi connectivity index (χ0n) is 19.2. The summed E-state index contributed by atoms with van der Waals surface area (Å²) in [7, 11) is 0. The van der Waals surface area contributed by atoms with Crippen molar-refractivity contribution in [2.24, 2.45) is 0 Å². The maximum absolute atomic E-state index is 13.6. The van der Waals surface area contributed by atoms with Crippen LogP contribution in [0.5, 0.6) is 0 Å². The van der Waals surface area contributed by atoms with Crippen LogP contribution in [0.15, 0.2) is 84.9 Å². The summed E-state index contributed by atoms with van der Waals surface area (Å²) in [6, 6.07) is 26.3. The van der Waals surface area contributed by atoms with E-state index in [0.717, 1.165) is 23.1 Å². The highest BCUT2D eigenvalue weighted by molar-refractivity contribution is 6.31. The van der Waals surface area contributed by atoms with E-state index in [4.69, 9.17) is 11.6 Å². The number of nitrogens with one attached hydrogen (secondary N) is 1. The molecule has 0 unspecified atom stereocenters. The molecule has 0 aliphatic heterocycles. The van der Waals surface area contributed by atoms with Crippen LogP contribution in [0.2, 0.25) is 5.02 Å². The van der Waals surface area contributed by atoms with E-state index in [2.05, 4.69) is 5.32 Å². The Morgan fingerprint density at radius 2 is 1.45 bits per heavy atom. The fraction of sp³-hybridized carbons (Fsp3) is 0.286. The van der Waals surface area contributed by atoms with Crippen LogP contribution in [0.4, 0.5) is 0 Å². The van der Waals surface area contributed by atoms with Gasteiger partial charge in [-0.2, -0.15) is 0 Å².